The molecule has 3 rings (SSSR count). The second kappa shape index (κ2) is 6.19. The van der Waals surface area contributed by atoms with Gasteiger partial charge in [-0.3, -0.25) is 4.79 Å². The number of likely N-dealkylation sites (N-methyl/N-ethyl adjacent to an activating group) is 1. The zero-order valence-electron chi connectivity index (χ0n) is 12.9. The van der Waals surface area contributed by atoms with E-state index in [1.54, 1.807) is 6.92 Å². The van der Waals surface area contributed by atoms with E-state index in [2.05, 4.69) is 27.3 Å². The second-order valence-corrected chi connectivity index (χ2v) is 5.63. The molecule has 0 aliphatic carbocycles. The van der Waals surface area contributed by atoms with Crippen LogP contribution in [0.25, 0.3) is 0 Å². The number of carbonyl (C=O) groups excluding carboxylic acids is 1. The first kappa shape index (κ1) is 14.6. The quantitative estimate of drug-likeness (QED) is 0.939. The SMILES string of the molecule is Cc1cnoc1C(=O)Nc1ccc(N2CCN(C)CC2)cc1. The molecule has 0 spiro atoms. The molecule has 2 heterocycles. The molecular weight excluding hydrogens is 280 g/mol. The number of rotatable bonds is 3. The van der Waals surface area contributed by atoms with Gasteiger partial charge in [0.1, 0.15) is 0 Å². The van der Waals surface area contributed by atoms with Crippen LogP contribution in [0.15, 0.2) is 35.0 Å². The third-order valence-electron chi connectivity index (χ3n) is 3.95. The number of amides is 1. The van der Waals surface area contributed by atoms with Gasteiger partial charge in [-0.05, 0) is 38.2 Å². The van der Waals surface area contributed by atoms with E-state index in [0.717, 1.165) is 37.4 Å². The minimum atomic E-state index is -0.276. The molecule has 6 nitrogen and oxygen atoms in total. The van der Waals surface area contributed by atoms with Crippen LogP contribution in [0, 0.1) is 6.92 Å². The van der Waals surface area contributed by atoms with Crippen LogP contribution in [0.5, 0.6) is 0 Å². The van der Waals surface area contributed by atoms with Gasteiger partial charge >= 0.3 is 0 Å². The standard InChI is InChI=1S/C16H20N4O2/c1-12-11-17-22-15(12)16(21)18-13-3-5-14(6-4-13)20-9-7-19(2)8-10-20/h3-6,11H,7-10H2,1-2H3,(H,18,21). The summed E-state index contributed by atoms with van der Waals surface area (Å²) in [6, 6.07) is 7.90. The minimum Gasteiger partial charge on any atom is -0.369 e. The van der Waals surface area contributed by atoms with Crippen LogP contribution >= 0.6 is 0 Å². The number of aryl methyl sites for hydroxylation is 1. The predicted octanol–water partition coefficient (Wildman–Crippen LogP) is 1.99. The Morgan fingerprint density at radius 1 is 1.18 bits per heavy atom. The molecule has 1 amide bonds. The van der Waals surface area contributed by atoms with Crippen LogP contribution < -0.4 is 10.2 Å². The van der Waals surface area contributed by atoms with Gasteiger partial charge in [-0.15, -0.1) is 0 Å². The van der Waals surface area contributed by atoms with Gasteiger partial charge in [-0.1, -0.05) is 5.16 Å². The van der Waals surface area contributed by atoms with Gasteiger partial charge in [0.2, 0.25) is 5.76 Å². The van der Waals surface area contributed by atoms with Crippen molar-refractivity contribution in [2.24, 2.45) is 0 Å². The van der Waals surface area contributed by atoms with Crippen molar-refractivity contribution in [2.45, 2.75) is 6.92 Å². The topological polar surface area (TPSA) is 61.6 Å². The van der Waals surface area contributed by atoms with Gasteiger partial charge in [0.25, 0.3) is 5.91 Å². The van der Waals surface area contributed by atoms with Gasteiger partial charge < -0.3 is 19.6 Å². The molecule has 0 unspecified atom stereocenters. The predicted molar refractivity (Wildman–Crippen MR) is 85.3 cm³/mol. The Hall–Kier alpha value is -2.34. The highest BCUT2D eigenvalue weighted by molar-refractivity contribution is 6.03. The van der Waals surface area contributed by atoms with E-state index in [-0.39, 0.29) is 11.7 Å². The Balaban J connectivity index is 1.64. The van der Waals surface area contributed by atoms with E-state index in [9.17, 15) is 4.79 Å². The monoisotopic (exact) mass is 300 g/mol. The average Bonchev–Trinajstić information content (AvgIpc) is 2.95. The number of benzene rings is 1. The summed E-state index contributed by atoms with van der Waals surface area (Å²) in [6.07, 6.45) is 1.53. The number of carbonyl (C=O) groups is 1. The number of piperazine rings is 1. The highest BCUT2D eigenvalue weighted by Crippen LogP contribution is 2.20. The molecule has 0 radical (unpaired) electrons. The Labute approximate surface area is 129 Å². The van der Waals surface area contributed by atoms with Gasteiger partial charge in [0.15, 0.2) is 0 Å². The Kier molecular flexibility index (Phi) is 4.11. The molecule has 1 fully saturated rings. The fourth-order valence-electron chi connectivity index (χ4n) is 2.52. The maximum Gasteiger partial charge on any atom is 0.294 e. The molecule has 0 saturated carbocycles. The van der Waals surface area contributed by atoms with Gasteiger partial charge in [0.05, 0.1) is 6.20 Å². The average molecular weight is 300 g/mol. The van der Waals surface area contributed by atoms with Crippen LogP contribution in [-0.2, 0) is 0 Å². The lowest BCUT2D eigenvalue weighted by atomic mass is 10.2. The normalized spacial score (nSPS) is 15.8. The first-order valence-corrected chi connectivity index (χ1v) is 7.39. The van der Waals surface area contributed by atoms with Crippen molar-refractivity contribution in [1.29, 1.82) is 0 Å². The second-order valence-electron chi connectivity index (χ2n) is 5.63. The third-order valence-corrected chi connectivity index (χ3v) is 3.95. The van der Waals surface area contributed by atoms with Gasteiger partial charge in [-0.25, -0.2) is 0 Å². The molecule has 1 aromatic heterocycles. The molecule has 1 N–H and O–H groups in total. The molecule has 1 saturated heterocycles. The fraction of sp³-hybridized carbons (Fsp3) is 0.375. The Morgan fingerprint density at radius 2 is 1.86 bits per heavy atom. The highest BCUT2D eigenvalue weighted by atomic mass is 16.5. The molecule has 1 aromatic carbocycles. The fourth-order valence-corrected chi connectivity index (χ4v) is 2.52. The van der Waals surface area contributed by atoms with E-state index in [0.29, 0.717) is 0 Å². The number of nitrogens with one attached hydrogen (secondary N) is 1. The molecule has 1 aliphatic rings. The molecular formula is C16H20N4O2. The van der Waals surface area contributed by atoms with E-state index in [4.69, 9.17) is 4.52 Å². The largest absolute Gasteiger partial charge is 0.369 e. The van der Waals surface area contributed by atoms with Crippen molar-refractivity contribution >= 4 is 17.3 Å². The smallest absolute Gasteiger partial charge is 0.294 e. The van der Waals surface area contributed by atoms with Gasteiger partial charge in [-0.2, -0.15) is 0 Å². The van der Waals surface area contributed by atoms with E-state index in [1.807, 2.05) is 24.3 Å². The molecule has 116 valence electrons. The molecule has 6 heteroatoms. The minimum absolute atomic E-state index is 0.253. The summed E-state index contributed by atoms with van der Waals surface area (Å²) in [6.45, 7) is 5.99. The van der Waals surface area contributed by atoms with Crippen molar-refractivity contribution in [1.82, 2.24) is 10.1 Å². The lowest BCUT2D eigenvalue weighted by Crippen LogP contribution is -2.44. The number of nitrogens with zero attached hydrogens (tertiary/aromatic N) is 3. The number of anilines is 2. The number of aromatic nitrogens is 1. The third kappa shape index (κ3) is 3.12. The van der Waals surface area contributed by atoms with Crippen LogP contribution in [0.4, 0.5) is 11.4 Å². The lowest BCUT2D eigenvalue weighted by Gasteiger charge is -2.34. The summed E-state index contributed by atoms with van der Waals surface area (Å²) in [5.41, 5.74) is 2.66. The molecule has 2 aromatic rings. The Morgan fingerprint density at radius 3 is 2.45 bits per heavy atom. The molecule has 1 aliphatic heterocycles. The Bertz CT molecular complexity index is 642. The maximum absolute atomic E-state index is 12.1. The van der Waals surface area contributed by atoms with Crippen LogP contribution in [0.1, 0.15) is 16.1 Å². The summed E-state index contributed by atoms with van der Waals surface area (Å²) in [4.78, 5) is 16.7. The maximum atomic E-state index is 12.1. The number of hydrogen-bond donors (Lipinski definition) is 1. The van der Waals surface area contributed by atoms with Crippen molar-refractivity contribution in [3.05, 3.63) is 41.8 Å². The summed E-state index contributed by atoms with van der Waals surface area (Å²) in [5.74, 6) is -0.0227. The molecule has 0 atom stereocenters. The van der Waals surface area contributed by atoms with E-state index < -0.39 is 0 Å². The summed E-state index contributed by atoms with van der Waals surface area (Å²) in [5, 5.41) is 6.44. The van der Waals surface area contributed by atoms with Crippen LogP contribution in [0.3, 0.4) is 0 Å². The first-order chi connectivity index (χ1) is 10.6. The highest BCUT2D eigenvalue weighted by Gasteiger charge is 2.16. The van der Waals surface area contributed by atoms with Crippen LogP contribution in [-0.4, -0.2) is 49.2 Å². The first-order valence-electron chi connectivity index (χ1n) is 7.39. The molecule has 22 heavy (non-hydrogen) atoms. The zero-order valence-corrected chi connectivity index (χ0v) is 12.9. The summed E-state index contributed by atoms with van der Waals surface area (Å²) in [7, 11) is 2.14. The summed E-state index contributed by atoms with van der Waals surface area (Å²) < 4.78 is 4.95. The van der Waals surface area contributed by atoms with Crippen LogP contribution in [0.2, 0.25) is 0 Å². The van der Waals surface area contributed by atoms with Crippen molar-refractivity contribution in [3.63, 3.8) is 0 Å². The number of hydrogen-bond acceptors (Lipinski definition) is 5. The van der Waals surface area contributed by atoms with Crippen molar-refractivity contribution in [3.8, 4) is 0 Å². The van der Waals surface area contributed by atoms with E-state index in [1.165, 1.54) is 11.9 Å². The van der Waals surface area contributed by atoms with Gasteiger partial charge in [0, 0.05) is 43.1 Å². The lowest BCUT2D eigenvalue weighted by molar-refractivity contribution is 0.0987. The van der Waals surface area contributed by atoms with E-state index >= 15 is 0 Å². The molecule has 0 bridgehead atoms. The zero-order chi connectivity index (χ0) is 15.5. The van der Waals surface area contributed by atoms with Crippen molar-refractivity contribution in [2.75, 3.05) is 43.4 Å². The summed E-state index contributed by atoms with van der Waals surface area (Å²) >= 11 is 0. The van der Waals surface area contributed by atoms with Crippen molar-refractivity contribution < 1.29 is 9.32 Å².